The fourth-order valence-corrected chi connectivity index (χ4v) is 1.37. The summed E-state index contributed by atoms with van der Waals surface area (Å²) < 4.78 is 0. The second-order valence-electron chi connectivity index (χ2n) is 3.91. The van der Waals surface area contributed by atoms with Crippen molar-refractivity contribution < 1.29 is 0 Å². The average Bonchev–Trinajstić information content (AvgIpc) is 1.96. The minimum atomic E-state index is 0.200. The first kappa shape index (κ1) is 11.6. The number of allylic oxidation sites excluding steroid dienone is 4. The van der Waals surface area contributed by atoms with Gasteiger partial charge in [0.25, 0.3) is 0 Å². The largest absolute Gasteiger partial charge is 0.114 e. The molecule has 0 aromatic carbocycles. The summed E-state index contributed by atoms with van der Waals surface area (Å²) in [6.07, 6.45) is 4.03. The first-order valence-corrected chi connectivity index (χ1v) is 4.82. The average molecular weight is 182 g/mol. The molecule has 0 saturated carbocycles. The molecule has 0 aliphatic carbocycles. The molecule has 0 spiro atoms. The second kappa shape index (κ2) is 4.62. The van der Waals surface area contributed by atoms with Crippen molar-refractivity contribution in [2.24, 2.45) is 5.41 Å². The van der Waals surface area contributed by atoms with Gasteiger partial charge in [0.05, 0.1) is 0 Å². The minimum absolute atomic E-state index is 0.200. The zero-order valence-electron chi connectivity index (χ0n) is 8.52. The van der Waals surface area contributed by atoms with Crippen molar-refractivity contribution >= 4 is 9.24 Å². The summed E-state index contributed by atoms with van der Waals surface area (Å²) in [7, 11) is 2.60. The van der Waals surface area contributed by atoms with Gasteiger partial charge in [-0.2, -0.15) is 0 Å². The van der Waals surface area contributed by atoms with Crippen LogP contribution in [0.4, 0.5) is 0 Å². The fourth-order valence-electron chi connectivity index (χ4n) is 1.18. The Bertz CT molecular complexity index is 214. The molecule has 1 atom stereocenters. The fraction of sp³-hybridized carbons (Fsp3) is 0.455. The standard InChI is InChI=1S/C11H19P/c1-6-9(2)10(7-8-12)11(3,4)5/h6-8H,1,12H2,2-5H3/b8-7+,10-9-. The van der Waals surface area contributed by atoms with Crippen molar-refractivity contribution in [2.45, 2.75) is 27.7 Å². The molecule has 0 fully saturated rings. The Morgan fingerprint density at radius 1 is 1.33 bits per heavy atom. The van der Waals surface area contributed by atoms with Crippen molar-refractivity contribution in [1.82, 2.24) is 0 Å². The van der Waals surface area contributed by atoms with Gasteiger partial charge in [-0.15, -0.1) is 9.24 Å². The lowest BCUT2D eigenvalue weighted by Crippen LogP contribution is -2.08. The predicted octanol–water partition coefficient (Wildman–Crippen LogP) is 3.92. The van der Waals surface area contributed by atoms with Crippen molar-refractivity contribution in [3.8, 4) is 0 Å². The van der Waals surface area contributed by atoms with Crippen LogP contribution in [-0.2, 0) is 0 Å². The third kappa shape index (κ3) is 3.36. The van der Waals surface area contributed by atoms with Crippen LogP contribution in [0.5, 0.6) is 0 Å². The van der Waals surface area contributed by atoms with Gasteiger partial charge in [0.15, 0.2) is 0 Å². The van der Waals surface area contributed by atoms with Crippen molar-refractivity contribution in [2.75, 3.05) is 0 Å². The molecular weight excluding hydrogens is 163 g/mol. The van der Waals surface area contributed by atoms with Gasteiger partial charge in [-0.1, -0.05) is 45.3 Å². The number of hydrogen-bond donors (Lipinski definition) is 0. The topological polar surface area (TPSA) is 0 Å². The molecule has 0 aromatic rings. The zero-order valence-corrected chi connectivity index (χ0v) is 9.67. The van der Waals surface area contributed by atoms with E-state index in [-0.39, 0.29) is 5.41 Å². The molecule has 1 unspecified atom stereocenters. The second-order valence-corrected chi connectivity index (χ2v) is 4.29. The van der Waals surface area contributed by atoms with Crippen LogP contribution < -0.4 is 0 Å². The van der Waals surface area contributed by atoms with Crippen LogP contribution in [0.15, 0.2) is 35.7 Å². The molecule has 0 rings (SSSR count). The highest BCUT2D eigenvalue weighted by molar-refractivity contribution is 7.20. The Kier molecular flexibility index (Phi) is 4.49. The van der Waals surface area contributed by atoms with Gasteiger partial charge < -0.3 is 0 Å². The maximum Gasteiger partial charge on any atom is -0.0129 e. The number of rotatable bonds is 2. The summed E-state index contributed by atoms with van der Waals surface area (Å²) >= 11 is 0. The van der Waals surface area contributed by atoms with E-state index in [0.717, 1.165) is 0 Å². The summed E-state index contributed by atoms with van der Waals surface area (Å²) in [4.78, 5) is 0. The highest BCUT2D eigenvalue weighted by atomic mass is 31.0. The van der Waals surface area contributed by atoms with Crippen LogP contribution in [0, 0.1) is 5.41 Å². The Morgan fingerprint density at radius 3 is 2.08 bits per heavy atom. The van der Waals surface area contributed by atoms with Gasteiger partial charge in [-0.25, -0.2) is 0 Å². The zero-order chi connectivity index (χ0) is 9.78. The molecule has 0 N–H and O–H groups in total. The van der Waals surface area contributed by atoms with Gasteiger partial charge in [-0.3, -0.25) is 0 Å². The van der Waals surface area contributed by atoms with E-state index in [9.17, 15) is 0 Å². The molecule has 68 valence electrons. The van der Waals surface area contributed by atoms with Gasteiger partial charge in [0.1, 0.15) is 0 Å². The van der Waals surface area contributed by atoms with Crippen LogP contribution in [0.2, 0.25) is 0 Å². The molecule has 0 aliphatic heterocycles. The Balaban J connectivity index is 5.05. The molecular formula is C11H19P. The first-order valence-electron chi connectivity index (χ1n) is 4.15. The third-order valence-electron chi connectivity index (χ3n) is 1.80. The summed E-state index contributed by atoms with van der Waals surface area (Å²) in [6, 6.07) is 0. The monoisotopic (exact) mass is 182 g/mol. The molecule has 12 heavy (non-hydrogen) atoms. The van der Waals surface area contributed by atoms with E-state index in [1.807, 2.05) is 11.9 Å². The van der Waals surface area contributed by atoms with Gasteiger partial charge in [0.2, 0.25) is 0 Å². The molecule has 0 radical (unpaired) electrons. The van der Waals surface area contributed by atoms with Crippen molar-refractivity contribution in [1.29, 1.82) is 0 Å². The van der Waals surface area contributed by atoms with E-state index in [1.165, 1.54) is 11.1 Å². The maximum absolute atomic E-state index is 3.78. The predicted molar refractivity (Wildman–Crippen MR) is 61.2 cm³/mol. The molecule has 0 amide bonds. The summed E-state index contributed by atoms with van der Waals surface area (Å²) in [5.41, 5.74) is 2.79. The third-order valence-corrected chi connectivity index (χ3v) is 1.99. The van der Waals surface area contributed by atoms with E-state index in [2.05, 4.69) is 49.6 Å². The lowest BCUT2D eigenvalue weighted by Gasteiger charge is -2.22. The van der Waals surface area contributed by atoms with Crippen LogP contribution in [0.1, 0.15) is 27.7 Å². The van der Waals surface area contributed by atoms with Crippen molar-refractivity contribution in [3.05, 3.63) is 35.7 Å². The van der Waals surface area contributed by atoms with E-state index >= 15 is 0 Å². The van der Waals surface area contributed by atoms with E-state index < -0.39 is 0 Å². The Morgan fingerprint density at radius 2 is 1.83 bits per heavy atom. The van der Waals surface area contributed by atoms with E-state index in [1.54, 1.807) is 0 Å². The first-order chi connectivity index (χ1) is 5.43. The van der Waals surface area contributed by atoms with Crippen LogP contribution in [0.25, 0.3) is 0 Å². The molecule has 0 bridgehead atoms. The molecule has 0 aliphatic rings. The van der Waals surface area contributed by atoms with Crippen LogP contribution >= 0.6 is 9.24 Å². The molecule has 0 saturated heterocycles. The van der Waals surface area contributed by atoms with Gasteiger partial charge in [0, 0.05) is 0 Å². The quantitative estimate of drug-likeness (QED) is 0.448. The van der Waals surface area contributed by atoms with Gasteiger partial charge >= 0.3 is 0 Å². The summed E-state index contributed by atoms with van der Waals surface area (Å²) in [5.74, 6) is 1.99. The van der Waals surface area contributed by atoms with E-state index in [0.29, 0.717) is 0 Å². The number of hydrogen-bond acceptors (Lipinski definition) is 0. The summed E-state index contributed by atoms with van der Waals surface area (Å²) in [5, 5.41) is 0. The molecule has 1 heteroatoms. The normalized spacial score (nSPS) is 14.8. The van der Waals surface area contributed by atoms with Gasteiger partial charge in [-0.05, 0) is 23.5 Å². The highest BCUT2D eigenvalue weighted by Gasteiger charge is 2.15. The Labute approximate surface area is 78.6 Å². The molecule has 0 aromatic heterocycles. The highest BCUT2D eigenvalue weighted by Crippen LogP contribution is 2.29. The molecule has 0 heterocycles. The van der Waals surface area contributed by atoms with Crippen LogP contribution in [0.3, 0.4) is 0 Å². The maximum atomic E-state index is 3.78. The lowest BCUT2D eigenvalue weighted by atomic mass is 9.83. The minimum Gasteiger partial charge on any atom is -0.114 e. The summed E-state index contributed by atoms with van der Waals surface area (Å²) in [6.45, 7) is 12.5. The van der Waals surface area contributed by atoms with Crippen molar-refractivity contribution in [3.63, 3.8) is 0 Å². The molecule has 0 nitrogen and oxygen atoms in total. The SMILES string of the molecule is C=C/C(C)=C(/C=C/P)C(C)(C)C. The Hall–Kier alpha value is -0.350. The van der Waals surface area contributed by atoms with Crippen LogP contribution in [-0.4, -0.2) is 0 Å². The lowest BCUT2D eigenvalue weighted by molar-refractivity contribution is 0.513. The smallest absolute Gasteiger partial charge is 0.0129 e. The van der Waals surface area contributed by atoms with E-state index in [4.69, 9.17) is 0 Å².